The molecule has 3 nitrogen and oxygen atoms in total. The highest BCUT2D eigenvalue weighted by molar-refractivity contribution is 5.91. The van der Waals surface area contributed by atoms with Crippen molar-refractivity contribution in [1.82, 2.24) is 10.2 Å². The number of hydrogen-bond donors (Lipinski definition) is 2. The van der Waals surface area contributed by atoms with Gasteiger partial charge in [-0.25, -0.2) is 0 Å². The van der Waals surface area contributed by atoms with Crippen molar-refractivity contribution in [3.8, 4) is 0 Å². The minimum Gasteiger partial charge on any atom is -0.378 e. The Hall–Kier alpha value is -2.29. The lowest BCUT2D eigenvalue weighted by Gasteiger charge is -2.19. The largest absolute Gasteiger partial charge is 0.378 e. The molecule has 1 unspecified atom stereocenters. The molecule has 0 fully saturated rings. The molecule has 1 aromatic heterocycles. The number of benzene rings is 2. The Morgan fingerprint density at radius 1 is 1.15 bits per heavy atom. The third-order valence-corrected chi connectivity index (χ3v) is 3.70. The molecule has 0 radical (unpaired) electrons. The Morgan fingerprint density at radius 2 is 1.95 bits per heavy atom. The van der Waals surface area contributed by atoms with Gasteiger partial charge in [0.1, 0.15) is 0 Å². The lowest BCUT2D eigenvalue weighted by molar-refractivity contribution is 0.750. The van der Waals surface area contributed by atoms with Gasteiger partial charge in [-0.3, -0.25) is 5.10 Å². The zero-order chi connectivity index (χ0) is 13.9. The molecule has 3 aromatic rings. The van der Waals surface area contributed by atoms with Gasteiger partial charge in [-0.2, -0.15) is 5.10 Å². The summed E-state index contributed by atoms with van der Waals surface area (Å²) < 4.78 is 0. The van der Waals surface area contributed by atoms with E-state index in [0.717, 1.165) is 23.0 Å². The molecule has 0 aliphatic carbocycles. The van der Waals surface area contributed by atoms with Gasteiger partial charge in [0.15, 0.2) is 0 Å². The summed E-state index contributed by atoms with van der Waals surface area (Å²) in [5, 5.41) is 11.9. The molecule has 102 valence electrons. The highest BCUT2D eigenvalue weighted by Gasteiger charge is 2.11. The van der Waals surface area contributed by atoms with Crippen LogP contribution in [0.3, 0.4) is 0 Å². The summed E-state index contributed by atoms with van der Waals surface area (Å²) in [4.78, 5) is 0. The lowest BCUT2D eigenvalue weighted by Crippen LogP contribution is -2.09. The van der Waals surface area contributed by atoms with Crippen molar-refractivity contribution < 1.29 is 0 Å². The normalized spacial score (nSPS) is 12.5. The molecule has 0 aliphatic heterocycles. The molecule has 0 saturated carbocycles. The fraction of sp³-hybridized carbons (Fsp3) is 0.235. The minimum absolute atomic E-state index is 0.316. The second-order valence-electron chi connectivity index (χ2n) is 5.15. The number of nitrogens with zero attached hydrogens (tertiary/aromatic N) is 1. The molecule has 20 heavy (non-hydrogen) atoms. The van der Waals surface area contributed by atoms with Crippen LogP contribution < -0.4 is 5.32 Å². The highest BCUT2D eigenvalue weighted by Crippen LogP contribution is 2.27. The van der Waals surface area contributed by atoms with E-state index >= 15 is 0 Å². The van der Waals surface area contributed by atoms with Crippen LogP contribution in [0, 0.1) is 6.92 Å². The number of aromatic amines is 1. The minimum atomic E-state index is 0.316. The Morgan fingerprint density at radius 3 is 2.70 bits per heavy atom. The van der Waals surface area contributed by atoms with E-state index in [-0.39, 0.29) is 0 Å². The summed E-state index contributed by atoms with van der Waals surface area (Å²) in [5.74, 6) is 0. The maximum atomic E-state index is 4.11. The number of aromatic nitrogens is 2. The van der Waals surface area contributed by atoms with Gasteiger partial charge in [0.25, 0.3) is 0 Å². The number of hydrogen-bond acceptors (Lipinski definition) is 2. The fourth-order valence-corrected chi connectivity index (χ4v) is 2.50. The topological polar surface area (TPSA) is 40.7 Å². The smallest absolute Gasteiger partial charge is 0.0671 e. The summed E-state index contributed by atoms with van der Waals surface area (Å²) in [6, 6.07) is 15.2. The fourth-order valence-electron chi connectivity index (χ4n) is 2.50. The highest BCUT2D eigenvalue weighted by atomic mass is 15.1. The van der Waals surface area contributed by atoms with Crippen molar-refractivity contribution in [2.75, 3.05) is 5.32 Å². The van der Waals surface area contributed by atoms with Gasteiger partial charge in [0, 0.05) is 11.1 Å². The Labute approximate surface area is 119 Å². The van der Waals surface area contributed by atoms with Crippen LogP contribution in [0.25, 0.3) is 10.9 Å². The monoisotopic (exact) mass is 265 g/mol. The molecule has 3 rings (SSSR count). The van der Waals surface area contributed by atoms with Gasteiger partial charge < -0.3 is 5.32 Å². The number of H-pyrrole nitrogens is 1. The zero-order valence-electron chi connectivity index (χ0n) is 11.9. The molecule has 1 heterocycles. The van der Waals surface area contributed by atoms with Crippen molar-refractivity contribution in [3.05, 3.63) is 59.8 Å². The van der Waals surface area contributed by atoms with E-state index in [1.54, 1.807) is 0 Å². The van der Waals surface area contributed by atoms with Crippen LogP contribution >= 0.6 is 0 Å². The van der Waals surface area contributed by atoms with Crippen LogP contribution in [0.1, 0.15) is 30.5 Å². The average Bonchev–Trinajstić information content (AvgIpc) is 2.95. The first-order valence-corrected chi connectivity index (χ1v) is 7.03. The van der Waals surface area contributed by atoms with Crippen LogP contribution in [0.5, 0.6) is 0 Å². The van der Waals surface area contributed by atoms with E-state index in [2.05, 4.69) is 59.7 Å². The molecule has 0 saturated heterocycles. The average molecular weight is 265 g/mol. The molecule has 2 N–H and O–H groups in total. The van der Waals surface area contributed by atoms with Crippen molar-refractivity contribution >= 4 is 16.6 Å². The molecule has 0 aliphatic rings. The van der Waals surface area contributed by atoms with Gasteiger partial charge >= 0.3 is 0 Å². The van der Waals surface area contributed by atoms with Crippen LogP contribution in [-0.4, -0.2) is 10.2 Å². The standard InChI is InChI=1S/C17H19N3/c1-3-15(13-9-7-12(2)8-10-13)19-16-5-4-6-17-14(16)11-18-20-17/h4-11,15,19H,3H2,1-2H3,(H,18,20). The summed E-state index contributed by atoms with van der Waals surface area (Å²) >= 11 is 0. The molecule has 1 atom stereocenters. The van der Waals surface area contributed by atoms with E-state index < -0.39 is 0 Å². The van der Waals surface area contributed by atoms with Crippen molar-refractivity contribution in [2.24, 2.45) is 0 Å². The summed E-state index contributed by atoms with van der Waals surface area (Å²) in [6.45, 7) is 4.32. The third kappa shape index (κ3) is 2.39. The molecule has 0 spiro atoms. The first kappa shape index (κ1) is 12.7. The van der Waals surface area contributed by atoms with E-state index in [4.69, 9.17) is 0 Å². The summed E-state index contributed by atoms with van der Waals surface area (Å²) in [6.07, 6.45) is 2.91. The van der Waals surface area contributed by atoms with Crippen molar-refractivity contribution in [2.45, 2.75) is 26.3 Å². The lowest BCUT2D eigenvalue weighted by atomic mass is 10.0. The Bertz CT molecular complexity index is 698. The van der Waals surface area contributed by atoms with Crippen LogP contribution in [0.4, 0.5) is 5.69 Å². The second kappa shape index (κ2) is 5.37. The molecule has 3 heteroatoms. The van der Waals surface area contributed by atoms with Gasteiger partial charge in [-0.05, 0) is 31.0 Å². The van der Waals surface area contributed by atoms with E-state index in [1.807, 2.05) is 18.3 Å². The first-order chi connectivity index (χ1) is 9.78. The maximum absolute atomic E-state index is 4.11. The number of fused-ring (bicyclic) bond motifs is 1. The summed E-state index contributed by atoms with van der Waals surface area (Å²) in [7, 11) is 0. The van der Waals surface area contributed by atoms with Gasteiger partial charge in [-0.15, -0.1) is 0 Å². The SMILES string of the molecule is CCC(Nc1cccc2[nH]ncc12)c1ccc(C)cc1. The number of anilines is 1. The van der Waals surface area contributed by atoms with E-state index in [9.17, 15) is 0 Å². The van der Waals surface area contributed by atoms with Crippen LogP contribution in [-0.2, 0) is 0 Å². The van der Waals surface area contributed by atoms with Crippen LogP contribution in [0.2, 0.25) is 0 Å². The quantitative estimate of drug-likeness (QED) is 0.732. The van der Waals surface area contributed by atoms with Crippen molar-refractivity contribution in [1.29, 1.82) is 0 Å². The molecular formula is C17H19N3. The Balaban J connectivity index is 1.91. The Kier molecular flexibility index (Phi) is 3.42. The van der Waals surface area contributed by atoms with Gasteiger partial charge in [-0.1, -0.05) is 42.8 Å². The zero-order valence-corrected chi connectivity index (χ0v) is 11.9. The first-order valence-electron chi connectivity index (χ1n) is 7.03. The van der Waals surface area contributed by atoms with Gasteiger partial charge in [0.05, 0.1) is 17.8 Å². The van der Waals surface area contributed by atoms with E-state index in [0.29, 0.717) is 6.04 Å². The molecule has 2 aromatic carbocycles. The van der Waals surface area contributed by atoms with Crippen molar-refractivity contribution in [3.63, 3.8) is 0 Å². The predicted molar refractivity (Wildman–Crippen MR) is 83.9 cm³/mol. The number of aryl methyl sites for hydroxylation is 1. The number of nitrogens with one attached hydrogen (secondary N) is 2. The second-order valence-corrected chi connectivity index (χ2v) is 5.15. The van der Waals surface area contributed by atoms with Crippen LogP contribution in [0.15, 0.2) is 48.7 Å². The molecular weight excluding hydrogens is 246 g/mol. The molecule has 0 amide bonds. The number of rotatable bonds is 4. The van der Waals surface area contributed by atoms with Gasteiger partial charge in [0.2, 0.25) is 0 Å². The molecule has 0 bridgehead atoms. The third-order valence-electron chi connectivity index (χ3n) is 3.70. The summed E-state index contributed by atoms with van der Waals surface area (Å²) in [5.41, 5.74) is 4.80. The van der Waals surface area contributed by atoms with E-state index in [1.165, 1.54) is 11.1 Å². The predicted octanol–water partition coefficient (Wildman–Crippen LogP) is 4.43. The maximum Gasteiger partial charge on any atom is 0.0671 e.